The molecule has 0 aliphatic heterocycles. The first-order valence-corrected chi connectivity index (χ1v) is 14.1. The Bertz CT molecular complexity index is 2270. The van der Waals surface area contributed by atoms with Crippen LogP contribution in [0.4, 0.5) is 0 Å². The van der Waals surface area contributed by atoms with E-state index in [4.69, 9.17) is 31.0 Å². The number of halogens is 1. The van der Waals surface area contributed by atoms with Crippen LogP contribution < -0.4 is 0 Å². The Kier molecular flexibility index (Phi) is 5.80. The molecule has 4 nitrogen and oxygen atoms in total. The molecule has 0 amide bonds. The summed E-state index contributed by atoms with van der Waals surface area (Å²) in [6.07, 6.45) is 0. The first-order chi connectivity index (χ1) is 20.7. The van der Waals surface area contributed by atoms with Crippen LogP contribution in [-0.2, 0) is 0 Å². The normalized spacial score (nSPS) is 11.5. The third-order valence-corrected chi connectivity index (χ3v) is 7.83. The van der Waals surface area contributed by atoms with E-state index in [9.17, 15) is 0 Å². The lowest BCUT2D eigenvalue weighted by Crippen LogP contribution is -2.01. The van der Waals surface area contributed by atoms with E-state index < -0.39 is 0 Å². The molecule has 198 valence electrons. The van der Waals surface area contributed by atoms with E-state index in [0.717, 1.165) is 55.1 Å². The van der Waals surface area contributed by atoms with Gasteiger partial charge in [0.05, 0.1) is 0 Å². The van der Waals surface area contributed by atoms with Crippen molar-refractivity contribution in [3.05, 3.63) is 138 Å². The fourth-order valence-electron chi connectivity index (χ4n) is 5.60. The van der Waals surface area contributed by atoms with Crippen molar-refractivity contribution in [3.63, 3.8) is 0 Å². The van der Waals surface area contributed by atoms with Gasteiger partial charge in [-0.15, -0.1) is 0 Å². The Hall–Kier alpha value is -5.32. The van der Waals surface area contributed by atoms with Crippen LogP contribution in [0.25, 0.3) is 78.0 Å². The number of hydrogen-bond donors (Lipinski definition) is 0. The summed E-state index contributed by atoms with van der Waals surface area (Å²) < 4.78 is 6.21. The number of fused-ring (bicyclic) bond motifs is 4. The molecule has 0 bridgehead atoms. The molecule has 0 fully saturated rings. The molecule has 42 heavy (non-hydrogen) atoms. The van der Waals surface area contributed by atoms with Gasteiger partial charge in [0.15, 0.2) is 17.5 Å². The second-order valence-corrected chi connectivity index (χ2v) is 10.6. The van der Waals surface area contributed by atoms with Crippen molar-refractivity contribution in [1.29, 1.82) is 0 Å². The fraction of sp³-hybridized carbons (Fsp3) is 0. The van der Waals surface area contributed by atoms with Gasteiger partial charge in [-0.3, -0.25) is 0 Å². The maximum atomic E-state index is 6.63. The number of benzene rings is 6. The van der Waals surface area contributed by atoms with Crippen LogP contribution in [0.5, 0.6) is 0 Å². The van der Waals surface area contributed by atoms with Crippen LogP contribution >= 0.6 is 11.6 Å². The molecule has 6 aromatic carbocycles. The molecule has 0 saturated carbocycles. The van der Waals surface area contributed by atoms with E-state index in [1.54, 1.807) is 0 Å². The molecule has 0 saturated heterocycles. The minimum Gasteiger partial charge on any atom is -0.456 e. The smallest absolute Gasteiger partial charge is 0.164 e. The molecule has 0 atom stereocenters. The molecule has 0 N–H and O–H groups in total. The molecular weight excluding hydrogens is 538 g/mol. The van der Waals surface area contributed by atoms with Crippen LogP contribution in [0.15, 0.2) is 138 Å². The number of aromatic nitrogens is 3. The predicted octanol–water partition coefficient (Wildman–Crippen LogP) is 10.2. The zero-order valence-corrected chi connectivity index (χ0v) is 23.1. The number of nitrogens with zero attached hydrogens (tertiary/aromatic N) is 3. The van der Waals surface area contributed by atoms with Gasteiger partial charge in [-0.25, -0.2) is 15.0 Å². The van der Waals surface area contributed by atoms with Gasteiger partial charge in [0.25, 0.3) is 0 Å². The molecule has 8 aromatic rings. The van der Waals surface area contributed by atoms with Crippen molar-refractivity contribution in [1.82, 2.24) is 15.0 Å². The standard InChI is InChI=1S/C37H22ClN3O/c38-27-19-20-29(31(22-27)28-14-8-16-33-34(28)30-13-6-7-15-32(30)42-33)37-40-35(24-10-2-1-3-11-24)39-36(41-37)26-18-17-23-9-4-5-12-25(23)21-26/h1-22H. The van der Waals surface area contributed by atoms with E-state index in [-0.39, 0.29) is 0 Å². The molecule has 0 aliphatic rings. The predicted molar refractivity (Wildman–Crippen MR) is 171 cm³/mol. The average molecular weight is 560 g/mol. The van der Waals surface area contributed by atoms with Crippen LogP contribution in [0.1, 0.15) is 0 Å². The molecule has 0 unspecified atom stereocenters. The Labute approximate surface area is 246 Å². The summed E-state index contributed by atoms with van der Waals surface area (Å²) in [6.45, 7) is 0. The summed E-state index contributed by atoms with van der Waals surface area (Å²) in [5.41, 5.74) is 6.29. The second-order valence-electron chi connectivity index (χ2n) is 10.2. The number of hydrogen-bond acceptors (Lipinski definition) is 4. The zero-order chi connectivity index (χ0) is 28.0. The Morgan fingerprint density at radius 3 is 2.05 bits per heavy atom. The van der Waals surface area contributed by atoms with Crippen molar-refractivity contribution < 1.29 is 4.42 Å². The third-order valence-electron chi connectivity index (χ3n) is 7.59. The van der Waals surface area contributed by atoms with Gasteiger partial charge in [0, 0.05) is 32.5 Å². The molecule has 0 radical (unpaired) electrons. The lowest BCUT2D eigenvalue weighted by atomic mass is 9.95. The number of furan rings is 1. The average Bonchev–Trinajstić information content (AvgIpc) is 3.44. The molecule has 8 rings (SSSR count). The highest BCUT2D eigenvalue weighted by Crippen LogP contribution is 2.41. The van der Waals surface area contributed by atoms with Crippen LogP contribution in [-0.4, -0.2) is 15.0 Å². The third kappa shape index (κ3) is 4.21. The van der Waals surface area contributed by atoms with Crippen molar-refractivity contribution >= 4 is 44.3 Å². The zero-order valence-electron chi connectivity index (χ0n) is 22.3. The summed E-state index contributed by atoms with van der Waals surface area (Å²) in [4.78, 5) is 15.0. The highest BCUT2D eigenvalue weighted by atomic mass is 35.5. The van der Waals surface area contributed by atoms with Crippen molar-refractivity contribution in [2.24, 2.45) is 0 Å². The van der Waals surface area contributed by atoms with Crippen LogP contribution in [0.3, 0.4) is 0 Å². The lowest BCUT2D eigenvalue weighted by molar-refractivity contribution is 0.669. The van der Waals surface area contributed by atoms with E-state index in [0.29, 0.717) is 22.5 Å². The minimum absolute atomic E-state index is 0.573. The maximum absolute atomic E-state index is 6.63. The van der Waals surface area contributed by atoms with Gasteiger partial charge in [0.2, 0.25) is 0 Å². The monoisotopic (exact) mass is 559 g/mol. The van der Waals surface area contributed by atoms with Gasteiger partial charge < -0.3 is 4.42 Å². The number of para-hydroxylation sites is 1. The van der Waals surface area contributed by atoms with Gasteiger partial charge in [-0.2, -0.15) is 0 Å². The molecule has 5 heteroatoms. The lowest BCUT2D eigenvalue weighted by Gasteiger charge is -2.13. The minimum atomic E-state index is 0.573. The van der Waals surface area contributed by atoms with Crippen LogP contribution in [0, 0.1) is 0 Å². The second kappa shape index (κ2) is 9.95. The fourth-order valence-corrected chi connectivity index (χ4v) is 5.78. The molecule has 2 heterocycles. The molecule has 0 spiro atoms. The van der Waals surface area contributed by atoms with Crippen molar-refractivity contribution in [2.45, 2.75) is 0 Å². The van der Waals surface area contributed by atoms with E-state index in [1.165, 1.54) is 5.39 Å². The Balaban J connectivity index is 1.39. The van der Waals surface area contributed by atoms with E-state index in [1.807, 2.05) is 91.0 Å². The van der Waals surface area contributed by atoms with E-state index >= 15 is 0 Å². The topological polar surface area (TPSA) is 51.8 Å². The molecular formula is C37H22ClN3O. The Morgan fingerprint density at radius 1 is 0.452 bits per heavy atom. The number of rotatable bonds is 4. The Morgan fingerprint density at radius 2 is 1.17 bits per heavy atom. The first-order valence-electron chi connectivity index (χ1n) is 13.7. The van der Waals surface area contributed by atoms with Crippen LogP contribution in [0.2, 0.25) is 5.02 Å². The highest BCUT2D eigenvalue weighted by Gasteiger charge is 2.19. The summed E-state index contributed by atoms with van der Waals surface area (Å²) in [5, 5.41) is 5.00. The highest BCUT2D eigenvalue weighted by molar-refractivity contribution is 6.31. The molecule has 0 aliphatic carbocycles. The first kappa shape index (κ1) is 24.5. The van der Waals surface area contributed by atoms with Gasteiger partial charge >= 0.3 is 0 Å². The quantitative estimate of drug-likeness (QED) is 0.215. The molecule has 2 aromatic heterocycles. The van der Waals surface area contributed by atoms with Crippen molar-refractivity contribution in [2.75, 3.05) is 0 Å². The van der Waals surface area contributed by atoms with Crippen molar-refractivity contribution in [3.8, 4) is 45.3 Å². The summed E-state index contributed by atoms with van der Waals surface area (Å²) in [6, 6.07) is 44.7. The summed E-state index contributed by atoms with van der Waals surface area (Å²) in [7, 11) is 0. The summed E-state index contributed by atoms with van der Waals surface area (Å²) >= 11 is 6.63. The van der Waals surface area contributed by atoms with Gasteiger partial charge in [-0.1, -0.05) is 109 Å². The van der Waals surface area contributed by atoms with Gasteiger partial charge in [-0.05, 0) is 58.3 Å². The maximum Gasteiger partial charge on any atom is 0.164 e. The largest absolute Gasteiger partial charge is 0.456 e. The summed E-state index contributed by atoms with van der Waals surface area (Å²) in [5.74, 6) is 1.79. The van der Waals surface area contributed by atoms with Gasteiger partial charge in [0.1, 0.15) is 11.2 Å². The van der Waals surface area contributed by atoms with E-state index in [2.05, 4.69) is 42.5 Å². The SMILES string of the molecule is Clc1ccc(-c2nc(-c3ccccc3)nc(-c3ccc4ccccc4c3)n2)c(-c2cccc3oc4ccccc4c23)c1.